The highest BCUT2D eigenvalue weighted by molar-refractivity contribution is 5.94. The lowest BCUT2D eigenvalue weighted by Crippen LogP contribution is -2.47. The number of benzene rings is 1. The maximum absolute atomic E-state index is 13.5. The van der Waals surface area contributed by atoms with Crippen LogP contribution in [0.5, 0.6) is 0 Å². The SMILES string of the molecule is CNC(=O)CN1CCC(NC(=O)c2ccccc2F)CC1. The molecule has 0 saturated carbocycles. The van der Waals surface area contributed by atoms with Gasteiger partial charge in [-0.15, -0.1) is 0 Å². The van der Waals surface area contributed by atoms with E-state index < -0.39 is 5.82 Å². The van der Waals surface area contributed by atoms with Gasteiger partial charge in [0.15, 0.2) is 0 Å². The van der Waals surface area contributed by atoms with Crippen molar-refractivity contribution in [2.24, 2.45) is 0 Å². The van der Waals surface area contributed by atoms with E-state index in [1.165, 1.54) is 12.1 Å². The summed E-state index contributed by atoms with van der Waals surface area (Å²) in [5.41, 5.74) is 0.0743. The molecule has 1 fully saturated rings. The van der Waals surface area contributed by atoms with Crippen molar-refractivity contribution in [3.05, 3.63) is 35.6 Å². The zero-order chi connectivity index (χ0) is 15.2. The van der Waals surface area contributed by atoms with Gasteiger partial charge in [0.25, 0.3) is 5.91 Å². The first-order chi connectivity index (χ1) is 10.1. The van der Waals surface area contributed by atoms with Gasteiger partial charge < -0.3 is 10.6 Å². The molecule has 0 aromatic heterocycles. The molecule has 1 aliphatic rings. The summed E-state index contributed by atoms with van der Waals surface area (Å²) in [5.74, 6) is -0.895. The fraction of sp³-hybridized carbons (Fsp3) is 0.467. The zero-order valence-corrected chi connectivity index (χ0v) is 12.1. The predicted octanol–water partition coefficient (Wildman–Crippen LogP) is 0.766. The fourth-order valence-corrected chi connectivity index (χ4v) is 2.43. The monoisotopic (exact) mass is 293 g/mol. The van der Waals surface area contributed by atoms with Gasteiger partial charge >= 0.3 is 0 Å². The van der Waals surface area contributed by atoms with E-state index in [0.717, 1.165) is 25.9 Å². The number of hydrogen-bond acceptors (Lipinski definition) is 3. The highest BCUT2D eigenvalue weighted by Gasteiger charge is 2.22. The van der Waals surface area contributed by atoms with Crippen LogP contribution in [0, 0.1) is 5.82 Å². The number of likely N-dealkylation sites (tertiary alicyclic amines) is 1. The van der Waals surface area contributed by atoms with Crippen molar-refractivity contribution < 1.29 is 14.0 Å². The van der Waals surface area contributed by atoms with Crippen LogP contribution in [0.25, 0.3) is 0 Å². The molecule has 0 atom stereocenters. The molecule has 2 rings (SSSR count). The molecule has 1 aliphatic heterocycles. The van der Waals surface area contributed by atoms with E-state index in [1.807, 2.05) is 4.90 Å². The molecule has 1 heterocycles. The molecule has 6 heteroatoms. The molecule has 2 N–H and O–H groups in total. The summed E-state index contributed by atoms with van der Waals surface area (Å²) in [6, 6.07) is 5.98. The van der Waals surface area contributed by atoms with Crippen molar-refractivity contribution in [1.82, 2.24) is 15.5 Å². The number of nitrogens with one attached hydrogen (secondary N) is 2. The standard InChI is InChI=1S/C15H20FN3O2/c1-17-14(20)10-19-8-6-11(7-9-19)18-15(21)12-4-2-3-5-13(12)16/h2-5,11H,6-10H2,1H3,(H,17,20)(H,18,21). The second kappa shape index (κ2) is 7.17. The maximum atomic E-state index is 13.5. The van der Waals surface area contributed by atoms with E-state index in [0.29, 0.717) is 6.54 Å². The van der Waals surface area contributed by atoms with Gasteiger partial charge in [0.05, 0.1) is 12.1 Å². The van der Waals surface area contributed by atoms with Crippen LogP contribution in [-0.4, -0.2) is 49.4 Å². The molecule has 0 aliphatic carbocycles. The molecule has 2 amide bonds. The van der Waals surface area contributed by atoms with Crippen molar-refractivity contribution >= 4 is 11.8 Å². The van der Waals surface area contributed by atoms with Crippen molar-refractivity contribution in [3.8, 4) is 0 Å². The van der Waals surface area contributed by atoms with Gasteiger partial charge in [-0.05, 0) is 25.0 Å². The summed E-state index contributed by atoms with van der Waals surface area (Å²) in [5, 5.41) is 5.45. The van der Waals surface area contributed by atoms with Crippen LogP contribution in [0.3, 0.4) is 0 Å². The molecule has 0 unspecified atom stereocenters. The van der Waals surface area contributed by atoms with Gasteiger partial charge in [-0.3, -0.25) is 14.5 Å². The van der Waals surface area contributed by atoms with Crippen LogP contribution >= 0.6 is 0 Å². The molecule has 5 nitrogen and oxygen atoms in total. The highest BCUT2D eigenvalue weighted by atomic mass is 19.1. The minimum atomic E-state index is -0.507. The number of halogens is 1. The van der Waals surface area contributed by atoms with Crippen molar-refractivity contribution in [3.63, 3.8) is 0 Å². The Labute approximate surface area is 123 Å². The fourth-order valence-electron chi connectivity index (χ4n) is 2.43. The van der Waals surface area contributed by atoms with Gasteiger partial charge in [0, 0.05) is 26.2 Å². The highest BCUT2D eigenvalue weighted by Crippen LogP contribution is 2.12. The van der Waals surface area contributed by atoms with Crippen molar-refractivity contribution in [2.45, 2.75) is 18.9 Å². The first-order valence-electron chi connectivity index (χ1n) is 7.08. The van der Waals surface area contributed by atoms with E-state index in [9.17, 15) is 14.0 Å². The largest absolute Gasteiger partial charge is 0.358 e. The van der Waals surface area contributed by atoms with E-state index in [-0.39, 0.29) is 23.4 Å². The van der Waals surface area contributed by atoms with Gasteiger partial charge in [-0.2, -0.15) is 0 Å². The lowest BCUT2D eigenvalue weighted by Gasteiger charge is -2.31. The van der Waals surface area contributed by atoms with Crippen molar-refractivity contribution in [1.29, 1.82) is 0 Å². The van der Waals surface area contributed by atoms with Gasteiger partial charge in [-0.1, -0.05) is 12.1 Å². The summed E-state index contributed by atoms with van der Waals surface area (Å²) in [7, 11) is 1.61. The molecule has 1 aromatic carbocycles. The van der Waals surface area contributed by atoms with Crippen LogP contribution in [0.15, 0.2) is 24.3 Å². The third kappa shape index (κ3) is 4.26. The van der Waals surface area contributed by atoms with Crippen LogP contribution < -0.4 is 10.6 Å². The Hall–Kier alpha value is -1.95. The van der Waals surface area contributed by atoms with E-state index in [4.69, 9.17) is 0 Å². The second-order valence-corrected chi connectivity index (χ2v) is 5.18. The summed E-state index contributed by atoms with van der Waals surface area (Å²) in [6.07, 6.45) is 1.52. The Bertz CT molecular complexity index is 513. The summed E-state index contributed by atoms with van der Waals surface area (Å²) < 4.78 is 13.5. The van der Waals surface area contributed by atoms with E-state index >= 15 is 0 Å². The second-order valence-electron chi connectivity index (χ2n) is 5.18. The van der Waals surface area contributed by atoms with Crippen LogP contribution in [0.4, 0.5) is 4.39 Å². The Balaban J connectivity index is 1.82. The molecule has 1 saturated heterocycles. The molecular weight excluding hydrogens is 273 g/mol. The Morgan fingerprint density at radius 1 is 1.29 bits per heavy atom. The molecule has 0 radical (unpaired) electrons. The summed E-state index contributed by atoms with van der Waals surface area (Å²) in [4.78, 5) is 25.4. The molecule has 21 heavy (non-hydrogen) atoms. The number of nitrogens with zero attached hydrogens (tertiary/aromatic N) is 1. The quantitative estimate of drug-likeness (QED) is 0.862. The Morgan fingerprint density at radius 2 is 1.95 bits per heavy atom. The molecule has 0 spiro atoms. The first-order valence-corrected chi connectivity index (χ1v) is 7.08. The third-order valence-corrected chi connectivity index (χ3v) is 3.69. The number of rotatable bonds is 4. The average molecular weight is 293 g/mol. The van der Waals surface area contributed by atoms with E-state index in [2.05, 4.69) is 10.6 Å². The minimum Gasteiger partial charge on any atom is -0.358 e. The van der Waals surface area contributed by atoms with Gasteiger partial charge in [0.1, 0.15) is 5.82 Å². The molecule has 1 aromatic rings. The summed E-state index contributed by atoms with van der Waals surface area (Å²) in [6.45, 7) is 1.87. The molecule has 0 bridgehead atoms. The number of amides is 2. The lowest BCUT2D eigenvalue weighted by molar-refractivity contribution is -0.122. The number of hydrogen-bond donors (Lipinski definition) is 2. The zero-order valence-electron chi connectivity index (χ0n) is 12.1. The topological polar surface area (TPSA) is 61.4 Å². The normalized spacial score (nSPS) is 16.5. The number of piperidine rings is 1. The molecule has 114 valence electrons. The Kier molecular flexibility index (Phi) is 5.27. The van der Waals surface area contributed by atoms with Gasteiger partial charge in [0.2, 0.25) is 5.91 Å². The van der Waals surface area contributed by atoms with Crippen LogP contribution in [-0.2, 0) is 4.79 Å². The Morgan fingerprint density at radius 3 is 2.57 bits per heavy atom. The third-order valence-electron chi connectivity index (χ3n) is 3.69. The minimum absolute atomic E-state index is 0.0103. The maximum Gasteiger partial charge on any atom is 0.254 e. The number of carbonyl (C=O) groups excluding carboxylic acids is 2. The lowest BCUT2D eigenvalue weighted by atomic mass is 10.0. The number of likely N-dealkylation sites (N-methyl/N-ethyl adjacent to an activating group) is 1. The predicted molar refractivity (Wildman–Crippen MR) is 77.4 cm³/mol. The average Bonchev–Trinajstić information content (AvgIpc) is 2.49. The van der Waals surface area contributed by atoms with Crippen molar-refractivity contribution in [2.75, 3.05) is 26.7 Å². The first kappa shape index (κ1) is 15.4. The number of carbonyl (C=O) groups is 2. The summed E-state index contributed by atoms with van der Waals surface area (Å²) >= 11 is 0. The van der Waals surface area contributed by atoms with Crippen LogP contribution in [0.2, 0.25) is 0 Å². The molecular formula is C15H20FN3O2. The van der Waals surface area contributed by atoms with Crippen LogP contribution in [0.1, 0.15) is 23.2 Å². The van der Waals surface area contributed by atoms with Gasteiger partial charge in [-0.25, -0.2) is 4.39 Å². The van der Waals surface area contributed by atoms with E-state index in [1.54, 1.807) is 19.2 Å². The smallest absolute Gasteiger partial charge is 0.254 e.